The minimum atomic E-state index is -0.109. The maximum Gasteiger partial charge on any atom is 0.309 e. The molecule has 0 aromatic carbocycles. The molecule has 1 heterocycles. The molecule has 0 atom stereocenters. The number of carbonyl (C=O) groups excluding carboxylic acids is 1. The molecule has 0 spiro atoms. The summed E-state index contributed by atoms with van der Waals surface area (Å²) in [4.78, 5) is 13.5. The first-order chi connectivity index (χ1) is 7.22. The largest absolute Gasteiger partial charge is 0.466 e. The van der Waals surface area contributed by atoms with Crippen molar-refractivity contribution in [1.29, 1.82) is 0 Å². The summed E-state index contributed by atoms with van der Waals surface area (Å²) in [6.45, 7) is 4.59. The van der Waals surface area contributed by atoms with Gasteiger partial charge < -0.3 is 9.64 Å². The van der Waals surface area contributed by atoms with E-state index in [0.717, 1.165) is 25.9 Å². The van der Waals surface area contributed by atoms with Gasteiger partial charge in [-0.05, 0) is 39.8 Å². The van der Waals surface area contributed by atoms with E-state index in [1.807, 2.05) is 6.92 Å². The lowest BCUT2D eigenvalue weighted by Crippen LogP contribution is -2.18. The maximum absolute atomic E-state index is 11.2. The Bertz CT molecular complexity index is 236. The molecule has 0 aromatic heterocycles. The molecule has 0 aromatic rings. The number of rotatable bonds is 3. The Balaban J connectivity index is 2.34. The third-order valence-corrected chi connectivity index (χ3v) is 2.72. The highest BCUT2D eigenvalue weighted by Gasteiger charge is 2.08. The van der Waals surface area contributed by atoms with Gasteiger partial charge in [0.1, 0.15) is 0 Å². The van der Waals surface area contributed by atoms with E-state index in [1.165, 1.54) is 12.0 Å². The zero-order valence-electron chi connectivity index (χ0n) is 9.79. The van der Waals surface area contributed by atoms with Crippen LogP contribution >= 0.6 is 0 Å². The van der Waals surface area contributed by atoms with Crippen LogP contribution in [0.25, 0.3) is 0 Å². The van der Waals surface area contributed by atoms with Gasteiger partial charge in [0.25, 0.3) is 0 Å². The van der Waals surface area contributed by atoms with Crippen molar-refractivity contribution in [3.63, 3.8) is 0 Å². The fourth-order valence-electron chi connectivity index (χ4n) is 1.80. The van der Waals surface area contributed by atoms with E-state index in [1.54, 1.807) is 0 Å². The van der Waals surface area contributed by atoms with Crippen LogP contribution in [0.3, 0.4) is 0 Å². The first kappa shape index (κ1) is 12.2. The van der Waals surface area contributed by atoms with E-state index in [9.17, 15) is 4.79 Å². The Morgan fingerprint density at radius 3 is 3.00 bits per heavy atom. The fourth-order valence-corrected chi connectivity index (χ4v) is 1.80. The molecule has 1 rings (SSSR count). The van der Waals surface area contributed by atoms with E-state index < -0.39 is 0 Å². The second-order valence-corrected chi connectivity index (χ2v) is 4.03. The second kappa shape index (κ2) is 6.62. The average molecular weight is 211 g/mol. The monoisotopic (exact) mass is 211 g/mol. The second-order valence-electron chi connectivity index (χ2n) is 4.03. The fraction of sp³-hybridized carbons (Fsp3) is 0.750. The van der Waals surface area contributed by atoms with Gasteiger partial charge in [0.15, 0.2) is 0 Å². The molecule has 3 nitrogen and oxygen atoms in total. The molecule has 0 amide bonds. The number of hydrogen-bond acceptors (Lipinski definition) is 3. The Labute approximate surface area is 92.1 Å². The highest BCUT2D eigenvalue weighted by molar-refractivity contribution is 5.71. The summed E-state index contributed by atoms with van der Waals surface area (Å²) in [5.74, 6) is -0.109. The van der Waals surface area contributed by atoms with Crippen molar-refractivity contribution in [3.8, 4) is 0 Å². The molecule has 0 N–H and O–H groups in total. The van der Waals surface area contributed by atoms with Gasteiger partial charge in [-0.3, -0.25) is 4.79 Å². The lowest BCUT2D eigenvalue weighted by Gasteiger charge is -2.10. The lowest BCUT2D eigenvalue weighted by atomic mass is 10.1. The molecule has 3 heteroatoms. The zero-order valence-corrected chi connectivity index (χ0v) is 9.79. The molecule has 1 aliphatic heterocycles. The van der Waals surface area contributed by atoms with Crippen molar-refractivity contribution in [3.05, 3.63) is 11.6 Å². The van der Waals surface area contributed by atoms with Crippen molar-refractivity contribution in [2.24, 2.45) is 0 Å². The third-order valence-electron chi connectivity index (χ3n) is 2.72. The molecule has 86 valence electrons. The van der Waals surface area contributed by atoms with Gasteiger partial charge in [0, 0.05) is 6.54 Å². The molecular formula is C12H21NO2. The van der Waals surface area contributed by atoms with E-state index in [-0.39, 0.29) is 5.97 Å². The van der Waals surface area contributed by atoms with E-state index in [2.05, 4.69) is 18.0 Å². The van der Waals surface area contributed by atoms with Crippen LogP contribution in [0.15, 0.2) is 11.6 Å². The van der Waals surface area contributed by atoms with Gasteiger partial charge in [-0.15, -0.1) is 0 Å². The van der Waals surface area contributed by atoms with E-state index >= 15 is 0 Å². The standard InChI is InChI=1S/C12H21NO2/c1-3-15-12(14)7-6-11-5-4-9-13(2)10-8-11/h6H,3-5,7-10H2,1-2H3/b11-6-. The number of hydrogen-bond donors (Lipinski definition) is 0. The van der Waals surface area contributed by atoms with Gasteiger partial charge in [-0.25, -0.2) is 0 Å². The molecule has 0 radical (unpaired) electrons. The van der Waals surface area contributed by atoms with Crippen LogP contribution in [0, 0.1) is 0 Å². The molecule has 15 heavy (non-hydrogen) atoms. The van der Waals surface area contributed by atoms with Crippen molar-refractivity contribution < 1.29 is 9.53 Å². The maximum atomic E-state index is 11.2. The summed E-state index contributed by atoms with van der Waals surface area (Å²) < 4.78 is 4.89. The topological polar surface area (TPSA) is 29.5 Å². The molecule has 1 fully saturated rings. The van der Waals surface area contributed by atoms with Gasteiger partial charge in [-0.2, -0.15) is 0 Å². The molecule has 1 saturated heterocycles. The molecule has 1 aliphatic rings. The number of esters is 1. The van der Waals surface area contributed by atoms with Crippen LogP contribution in [0.1, 0.15) is 32.6 Å². The predicted molar refractivity (Wildman–Crippen MR) is 60.7 cm³/mol. The minimum absolute atomic E-state index is 0.109. The summed E-state index contributed by atoms with van der Waals surface area (Å²) in [7, 11) is 2.15. The zero-order chi connectivity index (χ0) is 11.1. The van der Waals surface area contributed by atoms with Crippen LogP contribution in [0.2, 0.25) is 0 Å². The van der Waals surface area contributed by atoms with E-state index in [4.69, 9.17) is 4.74 Å². The Morgan fingerprint density at radius 1 is 1.47 bits per heavy atom. The van der Waals surface area contributed by atoms with Crippen LogP contribution in [-0.4, -0.2) is 37.6 Å². The summed E-state index contributed by atoms with van der Waals surface area (Å²) in [6.07, 6.45) is 5.91. The first-order valence-electron chi connectivity index (χ1n) is 5.74. The van der Waals surface area contributed by atoms with Gasteiger partial charge in [0.2, 0.25) is 0 Å². The number of ether oxygens (including phenoxy) is 1. The summed E-state index contributed by atoms with van der Waals surface area (Å²) in [5, 5.41) is 0. The molecule has 0 aliphatic carbocycles. The van der Waals surface area contributed by atoms with Crippen molar-refractivity contribution in [2.75, 3.05) is 26.7 Å². The number of likely N-dealkylation sites (tertiary alicyclic amines) is 1. The van der Waals surface area contributed by atoms with Crippen LogP contribution in [0.4, 0.5) is 0 Å². The Kier molecular flexibility index (Phi) is 5.40. The van der Waals surface area contributed by atoms with Crippen molar-refractivity contribution >= 4 is 5.97 Å². The van der Waals surface area contributed by atoms with Crippen LogP contribution < -0.4 is 0 Å². The van der Waals surface area contributed by atoms with Crippen molar-refractivity contribution in [2.45, 2.75) is 32.6 Å². The quantitative estimate of drug-likeness (QED) is 0.528. The van der Waals surface area contributed by atoms with Crippen molar-refractivity contribution in [1.82, 2.24) is 4.90 Å². The average Bonchev–Trinajstić information content (AvgIpc) is 2.41. The van der Waals surface area contributed by atoms with Crippen LogP contribution in [-0.2, 0) is 9.53 Å². The number of carbonyl (C=O) groups is 1. The lowest BCUT2D eigenvalue weighted by molar-refractivity contribution is -0.142. The smallest absolute Gasteiger partial charge is 0.309 e. The van der Waals surface area contributed by atoms with Crippen LogP contribution in [0.5, 0.6) is 0 Å². The highest BCUT2D eigenvalue weighted by atomic mass is 16.5. The molecule has 0 bridgehead atoms. The van der Waals surface area contributed by atoms with Gasteiger partial charge >= 0.3 is 5.97 Å². The van der Waals surface area contributed by atoms with Gasteiger partial charge in [0.05, 0.1) is 13.0 Å². The Morgan fingerprint density at radius 2 is 2.27 bits per heavy atom. The van der Waals surface area contributed by atoms with E-state index in [0.29, 0.717) is 13.0 Å². The molecule has 0 saturated carbocycles. The van der Waals surface area contributed by atoms with Gasteiger partial charge in [-0.1, -0.05) is 11.6 Å². The third kappa shape index (κ3) is 4.98. The summed E-state index contributed by atoms with van der Waals surface area (Å²) in [5.41, 5.74) is 1.41. The normalized spacial score (nSPS) is 21.3. The predicted octanol–water partition coefficient (Wildman–Crippen LogP) is 1.98. The first-order valence-corrected chi connectivity index (χ1v) is 5.74. The SMILES string of the molecule is CCOC(=O)C/C=C1/CCCN(C)CC1. The summed E-state index contributed by atoms with van der Waals surface area (Å²) in [6, 6.07) is 0. The molecular weight excluding hydrogens is 190 g/mol. The Hall–Kier alpha value is -0.830. The number of nitrogens with zero attached hydrogens (tertiary/aromatic N) is 1. The minimum Gasteiger partial charge on any atom is -0.466 e. The summed E-state index contributed by atoms with van der Waals surface area (Å²) >= 11 is 0. The molecule has 0 unspecified atom stereocenters. The highest BCUT2D eigenvalue weighted by Crippen LogP contribution is 2.16.